The zero-order chi connectivity index (χ0) is 18.0. The Morgan fingerprint density at radius 1 is 1.04 bits per heavy atom. The van der Waals surface area contributed by atoms with Gasteiger partial charge < -0.3 is 19.7 Å². The lowest BCUT2D eigenvalue weighted by Gasteiger charge is -2.38. The van der Waals surface area contributed by atoms with E-state index >= 15 is 0 Å². The van der Waals surface area contributed by atoms with Gasteiger partial charge in [0, 0.05) is 42.9 Å². The molecule has 0 aromatic heterocycles. The summed E-state index contributed by atoms with van der Waals surface area (Å²) < 4.78 is 11.6. The van der Waals surface area contributed by atoms with Crippen LogP contribution in [0.15, 0.2) is 48.5 Å². The van der Waals surface area contributed by atoms with E-state index in [1.807, 2.05) is 43.3 Å². The lowest BCUT2D eigenvalue weighted by molar-refractivity contribution is -0.169. The maximum atomic E-state index is 12.3. The summed E-state index contributed by atoms with van der Waals surface area (Å²) in [6.45, 7) is 5.21. The maximum absolute atomic E-state index is 12.3. The molecule has 1 N–H and O–H groups in total. The number of benzene rings is 2. The highest BCUT2D eigenvalue weighted by Gasteiger charge is 2.39. The molecular weight excluding hydrogens is 328 g/mol. The summed E-state index contributed by atoms with van der Waals surface area (Å²) in [5.74, 6) is -0.435. The molecule has 26 heavy (non-hydrogen) atoms. The van der Waals surface area contributed by atoms with Crippen LogP contribution in [0, 0.1) is 6.92 Å². The molecule has 5 nitrogen and oxygen atoms in total. The summed E-state index contributed by atoms with van der Waals surface area (Å²) in [6.07, 6.45) is 1.78. The molecule has 1 amide bonds. The van der Waals surface area contributed by atoms with E-state index in [2.05, 4.69) is 22.3 Å². The molecule has 2 fully saturated rings. The summed E-state index contributed by atoms with van der Waals surface area (Å²) in [5.41, 5.74) is 3.71. The second-order valence-electron chi connectivity index (χ2n) is 6.97. The second kappa shape index (κ2) is 7.09. The number of piperidine rings is 1. The number of nitrogens with zero attached hydrogens (tertiary/aromatic N) is 1. The van der Waals surface area contributed by atoms with Gasteiger partial charge in [-0.3, -0.25) is 4.79 Å². The fourth-order valence-corrected chi connectivity index (χ4v) is 3.64. The Labute approximate surface area is 153 Å². The van der Waals surface area contributed by atoms with E-state index in [9.17, 15) is 4.79 Å². The minimum Gasteiger partial charge on any atom is -0.371 e. The zero-order valence-electron chi connectivity index (χ0n) is 15.0. The smallest absolute Gasteiger partial charge is 0.255 e. The number of hydrogen-bond donors (Lipinski definition) is 1. The average Bonchev–Trinajstić information content (AvgIpc) is 3.11. The molecule has 0 atom stereocenters. The van der Waals surface area contributed by atoms with Crippen LogP contribution >= 0.6 is 0 Å². The van der Waals surface area contributed by atoms with E-state index in [0.717, 1.165) is 42.9 Å². The number of nitrogens with one attached hydrogen (secondary N) is 1. The van der Waals surface area contributed by atoms with Gasteiger partial charge in [-0.25, -0.2) is 0 Å². The Morgan fingerprint density at radius 3 is 2.38 bits per heavy atom. The normalized spacial score (nSPS) is 18.9. The lowest BCUT2D eigenvalue weighted by Crippen LogP contribution is -2.45. The fraction of sp³-hybridized carbons (Fsp3) is 0.381. The number of anilines is 2. The van der Waals surface area contributed by atoms with Crippen LogP contribution in [-0.2, 0) is 9.47 Å². The first-order valence-electron chi connectivity index (χ1n) is 9.15. The third-order valence-corrected chi connectivity index (χ3v) is 5.11. The van der Waals surface area contributed by atoms with Crippen molar-refractivity contribution in [2.75, 3.05) is 36.5 Å². The van der Waals surface area contributed by atoms with E-state index in [4.69, 9.17) is 9.47 Å². The minimum absolute atomic E-state index is 0.0862. The molecule has 5 heteroatoms. The molecule has 136 valence electrons. The predicted molar refractivity (Wildman–Crippen MR) is 102 cm³/mol. The third kappa shape index (κ3) is 3.59. The van der Waals surface area contributed by atoms with E-state index in [1.54, 1.807) is 0 Å². The molecule has 2 aromatic carbocycles. The van der Waals surface area contributed by atoms with E-state index in [-0.39, 0.29) is 11.7 Å². The molecule has 2 aliphatic heterocycles. The minimum atomic E-state index is -0.349. The number of hydrogen-bond acceptors (Lipinski definition) is 4. The number of amides is 1. The van der Waals surface area contributed by atoms with Gasteiger partial charge in [-0.1, -0.05) is 17.7 Å². The van der Waals surface area contributed by atoms with E-state index < -0.39 is 0 Å². The predicted octanol–water partition coefficient (Wildman–Crippen LogP) is 3.59. The van der Waals surface area contributed by atoms with Crippen LogP contribution in [0.2, 0.25) is 0 Å². The number of carbonyl (C=O) groups is 1. The summed E-state index contributed by atoms with van der Waals surface area (Å²) in [4.78, 5) is 14.7. The molecule has 2 aliphatic rings. The first kappa shape index (κ1) is 17.1. The molecule has 2 aromatic rings. The number of carbonyl (C=O) groups excluding carboxylic acids is 1. The van der Waals surface area contributed by atoms with E-state index in [0.29, 0.717) is 18.8 Å². The molecule has 0 saturated carbocycles. The molecular formula is C21H24N2O3. The van der Waals surface area contributed by atoms with Gasteiger partial charge in [0.2, 0.25) is 0 Å². The van der Waals surface area contributed by atoms with Crippen molar-refractivity contribution in [1.29, 1.82) is 0 Å². The Kier molecular flexibility index (Phi) is 4.66. The Morgan fingerprint density at radius 2 is 1.73 bits per heavy atom. The Hall–Kier alpha value is -2.37. The van der Waals surface area contributed by atoms with Gasteiger partial charge in [0.1, 0.15) is 0 Å². The zero-order valence-corrected chi connectivity index (χ0v) is 15.0. The monoisotopic (exact) mass is 352 g/mol. The van der Waals surface area contributed by atoms with Crippen LogP contribution < -0.4 is 10.2 Å². The number of aryl methyl sites for hydroxylation is 1. The summed E-state index contributed by atoms with van der Waals surface area (Å²) in [7, 11) is 0. The van der Waals surface area contributed by atoms with Crippen molar-refractivity contribution in [2.45, 2.75) is 25.6 Å². The molecule has 0 aliphatic carbocycles. The average molecular weight is 352 g/mol. The van der Waals surface area contributed by atoms with E-state index in [1.165, 1.54) is 0 Å². The van der Waals surface area contributed by atoms with Crippen LogP contribution in [0.5, 0.6) is 0 Å². The molecule has 1 spiro atoms. The van der Waals surface area contributed by atoms with Crippen LogP contribution in [-0.4, -0.2) is 38.0 Å². The van der Waals surface area contributed by atoms with Gasteiger partial charge in [-0.15, -0.1) is 0 Å². The van der Waals surface area contributed by atoms with Crippen molar-refractivity contribution in [3.05, 3.63) is 59.7 Å². The number of ether oxygens (including phenoxy) is 2. The second-order valence-corrected chi connectivity index (χ2v) is 6.97. The van der Waals surface area contributed by atoms with Crippen molar-refractivity contribution in [1.82, 2.24) is 0 Å². The first-order valence-corrected chi connectivity index (χ1v) is 9.15. The lowest BCUT2D eigenvalue weighted by atomic mass is 10.0. The molecule has 2 heterocycles. The first-order chi connectivity index (χ1) is 12.6. The van der Waals surface area contributed by atoms with Crippen molar-refractivity contribution in [3.8, 4) is 0 Å². The fourth-order valence-electron chi connectivity index (χ4n) is 3.64. The SMILES string of the molecule is Cc1cccc(C(=O)Nc2ccc(N3CCC4(CC3)OCCO4)cc2)c1. The molecule has 4 rings (SSSR count). The molecule has 2 saturated heterocycles. The quantitative estimate of drug-likeness (QED) is 0.917. The van der Waals surface area contributed by atoms with Gasteiger partial charge in [0.05, 0.1) is 13.2 Å². The van der Waals surface area contributed by atoms with Crippen LogP contribution in [0.4, 0.5) is 11.4 Å². The topological polar surface area (TPSA) is 50.8 Å². The van der Waals surface area contributed by atoms with Gasteiger partial charge in [-0.2, -0.15) is 0 Å². The maximum Gasteiger partial charge on any atom is 0.255 e. The van der Waals surface area contributed by atoms with Crippen molar-refractivity contribution in [3.63, 3.8) is 0 Å². The standard InChI is InChI=1S/C21H24N2O3/c1-16-3-2-4-17(15-16)20(24)22-18-5-7-19(8-6-18)23-11-9-21(10-12-23)25-13-14-26-21/h2-8,15H,9-14H2,1H3,(H,22,24). The van der Waals surface area contributed by atoms with Gasteiger partial charge in [-0.05, 0) is 43.3 Å². The summed E-state index contributed by atoms with van der Waals surface area (Å²) in [5, 5.41) is 2.96. The van der Waals surface area contributed by atoms with Crippen LogP contribution in [0.3, 0.4) is 0 Å². The highest BCUT2D eigenvalue weighted by Crippen LogP contribution is 2.33. The summed E-state index contributed by atoms with van der Waals surface area (Å²) >= 11 is 0. The van der Waals surface area contributed by atoms with Crippen LogP contribution in [0.25, 0.3) is 0 Å². The summed E-state index contributed by atoms with van der Waals surface area (Å²) in [6, 6.07) is 15.6. The molecule has 0 bridgehead atoms. The van der Waals surface area contributed by atoms with Crippen molar-refractivity contribution < 1.29 is 14.3 Å². The highest BCUT2D eigenvalue weighted by molar-refractivity contribution is 6.04. The Bertz CT molecular complexity index is 772. The largest absolute Gasteiger partial charge is 0.371 e. The van der Waals surface area contributed by atoms with Crippen LogP contribution in [0.1, 0.15) is 28.8 Å². The van der Waals surface area contributed by atoms with Crippen molar-refractivity contribution in [2.24, 2.45) is 0 Å². The number of rotatable bonds is 3. The van der Waals surface area contributed by atoms with Gasteiger partial charge in [0.25, 0.3) is 5.91 Å². The third-order valence-electron chi connectivity index (χ3n) is 5.11. The molecule has 0 unspecified atom stereocenters. The van der Waals surface area contributed by atoms with Gasteiger partial charge >= 0.3 is 0 Å². The Balaban J connectivity index is 1.37. The van der Waals surface area contributed by atoms with Gasteiger partial charge in [0.15, 0.2) is 5.79 Å². The molecule has 0 radical (unpaired) electrons. The highest BCUT2D eigenvalue weighted by atomic mass is 16.7. The van der Waals surface area contributed by atoms with Crippen molar-refractivity contribution >= 4 is 17.3 Å².